The SMILES string of the molecule is CCOC(=O)C1=C(C)C(c2ccc(Cl)cc2)N(C)C(=S)N1C. The molecule has 22 heavy (non-hydrogen) atoms. The molecule has 0 spiro atoms. The van der Waals surface area contributed by atoms with Crippen molar-refractivity contribution in [3.8, 4) is 0 Å². The summed E-state index contributed by atoms with van der Waals surface area (Å²) in [7, 11) is 3.70. The zero-order valence-electron chi connectivity index (χ0n) is 13.1. The van der Waals surface area contributed by atoms with Crippen molar-refractivity contribution in [2.75, 3.05) is 20.7 Å². The Morgan fingerprint density at radius 1 is 1.32 bits per heavy atom. The summed E-state index contributed by atoms with van der Waals surface area (Å²) in [5.74, 6) is -0.350. The van der Waals surface area contributed by atoms with E-state index >= 15 is 0 Å². The molecule has 1 aromatic rings. The molecule has 4 nitrogen and oxygen atoms in total. The minimum atomic E-state index is -0.350. The molecule has 0 N–H and O–H groups in total. The van der Waals surface area contributed by atoms with Gasteiger partial charge in [-0.05, 0) is 49.3 Å². The number of carbonyl (C=O) groups excluding carboxylic acids is 1. The summed E-state index contributed by atoms with van der Waals surface area (Å²) in [4.78, 5) is 16.0. The molecule has 1 heterocycles. The van der Waals surface area contributed by atoms with Crippen LogP contribution in [-0.4, -0.2) is 41.6 Å². The molecule has 1 aromatic carbocycles. The van der Waals surface area contributed by atoms with Crippen molar-refractivity contribution >= 4 is 34.9 Å². The summed E-state index contributed by atoms with van der Waals surface area (Å²) in [5.41, 5.74) is 2.44. The van der Waals surface area contributed by atoms with E-state index in [-0.39, 0.29) is 12.0 Å². The van der Waals surface area contributed by atoms with Gasteiger partial charge in [0.15, 0.2) is 5.11 Å². The Balaban J connectivity index is 2.53. The Bertz CT molecular complexity index is 628. The van der Waals surface area contributed by atoms with Gasteiger partial charge in [-0.25, -0.2) is 4.79 Å². The van der Waals surface area contributed by atoms with Gasteiger partial charge in [0.1, 0.15) is 5.70 Å². The van der Waals surface area contributed by atoms with E-state index in [1.54, 1.807) is 18.9 Å². The fourth-order valence-corrected chi connectivity index (χ4v) is 3.07. The summed E-state index contributed by atoms with van der Waals surface area (Å²) in [6, 6.07) is 7.46. The highest BCUT2D eigenvalue weighted by atomic mass is 35.5. The Morgan fingerprint density at radius 3 is 2.45 bits per heavy atom. The van der Waals surface area contributed by atoms with Gasteiger partial charge in [-0.15, -0.1) is 0 Å². The van der Waals surface area contributed by atoms with Crippen LogP contribution in [0.1, 0.15) is 25.5 Å². The second-order valence-electron chi connectivity index (χ2n) is 5.16. The number of nitrogens with zero attached hydrogens (tertiary/aromatic N) is 2. The average Bonchev–Trinajstić information content (AvgIpc) is 2.47. The van der Waals surface area contributed by atoms with Crippen LogP contribution in [0.3, 0.4) is 0 Å². The third-order valence-electron chi connectivity index (χ3n) is 3.75. The number of ether oxygens (including phenoxy) is 1. The van der Waals surface area contributed by atoms with Crippen LogP contribution in [0, 0.1) is 0 Å². The first-order chi connectivity index (χ1) is 10.4. The maximum atomic E-state index is 12.3. The number of carbonyl (C=O) groups is 1. The van der Waals surface area contributed by atoms with Crippen LogP contribution in [-0.2, 0) is 9.53 Å². The molecule has 0 radical (unpaired) electrons. The maximum absolute atomic E-state index is 12.3. The predicted octanol–water partition coefficient (Wildman–Crippen LogP) is 3.38. The van der Waals surface area contributed by atoms with Crippen LogP contribution in [0.15, 0.2) is 35.5 Å². The minimum absolute atomic E-state index is 0.111. The lowest BCUT2D eigenvalue weighted by atomic mass is 9.95. The average molecular weight is 339 g/mol. The maximum Gasteiger partial charge on any atom is 0.355 e. The van der Waals surface area contributed by atoms with Gasteiger partial charge in [0.25, 0.3) is 0 Å². The molecule has 118 valence electrons. The molecular formula is C16H19ClN2O2S. The minimum Gasteiger partial charge on any atom is -0.461 e. The van der Waals surface area contributed by atoms with E-state index in [0.29, 0.717) is 22.4 Å². The van der Waals surface area contributed by atoms with E-state index in [4.69, 9.17) is 28.6 Å². The monoisotopic (exact) mass is 338 g/mol. The number of benzene rings is 1. The smallest absolute Gasteiger partial charge is 0.355 e. The van der Waals surface area contributed by atoms with Crippen LogP contribution < -0.4 is 0 Å². The molecule has 1 aliphatic rings. The molecule has 0 aliphatic carbocycles. The van der Waals surface area contributed by atoms with Crippen molar-refractivity contribution in [3.63, 3.8) is 0 Å². The van der Waals surface area contributed by atoms with E-state index in [2.05, 4.69) is 0 Å². The summed E-state index contributed by atoms with van der Waals surface area (Å²) >= 11 is 11.4. The Kier molecular flexibility index (Phi) is 5.08. The number of likely N-dealkylation sites (N-methyl/N-ethyl adjacent to an activating group) is 2. The molecule has 0 bridgehead atoms. The topological polar surface area (TPSA) is 32.8 Å². The zero-order valence-corrected chi connectivity index (χ0v) is 14.7. The van der Waals surface area contributed by atoms with E-state index in [1.807, 2.05) is 43.1 Å². The summed E-state index contributed by atoms with van der Waals surface area (Å²) < 4.78 is 5.17. The Labute approximate surface area is 141 Å². The summed E-state index contributed by atoms with van der Waals surface area (Å²) in [6.07, 6.45) is 0. The summed E-state index contributed by atoms with van der Waals surface area (Å²) in [6.45, 7) is 4.05. The lowest BCUT2D eigenvalue weighted by Crippen LogP contribution is -2.47. The third kappa shape index (κ3) is 2.96. The fraction of sp³-hybridized carbons (Fsp3) is 0.375. The highest BCUT2D eigenvalue weighted by molar-refractivity contribution is 7.80. The number of esters is 1. The second-order valence-corrected chi connectivity index (χ2v) is 5.96. The molecule has 0 saturated heterocycles. The highest BCUT2D eigenvalue weighted by Crippen LogP contribution is 2.36. The molecule has 1 aliphatic heterocycles. The molecule has 0 aromatic heterocycles. The van der Waals surface area contributed by atoms with Gasteiger partial charge >= 0.3 is 5.97 Å². The first-order valence-electron chi connectivity index (χ1n) is 7.02. The van der Waals surface area contributed by atoms with Gasteiger partial charge in [0, 0.05) is 19.1 Å². The molecule has 1 atom stereocenters. The normalized spacial score (nSPS) is 18.8. The molecule has 1 unspecified atom stereocenters. The van der Waals surface area contributed by atoms with Crippen molar-refractivity contribution in [2.24, 2.45) is 0 Å². The van der Waals surface area contributed by atoms with E-state index < -0.39 is 0 Å². The largest absolute Gasteiger partial charge is 0.461 e. The number of thiocarbonyl (C=S) groups is 1. The lowest BCUT2D eigenvalue weighted by molar-refractivity contribution is -0.140. The van der Waals surface area contributed by atoms with Crippen LogP contribution in [0.25, 0.3) is 0 Å². The Hall–Kier alpha value is -1.59. The molecule has 0 amide bonds. The molecular weight excluding hydrogens is 320 g/mol. The van der Waals surface area contributed by atoms with Gasteiger partial charge < -0.3 is 14.5 Å². The van der Waals surface area contributed by atoms with Gasteiger partial charge in [-0.2, -0.15) is 0 Å². The van der Waals surface area contributed by atoms with Gasteiger partial charge in [-0.1, -0.05) is 23.7 Å². The molecule has 0 fully saturated rings. The zero-order chi connectivity index (χ0) is 16.4. The van der Waals surface area contributed by atoms with E-state index in [9.17, 15) is 4.79 Å². The van der Waals surface area contributed by atoms with Gasteiger partial charge in [0.05, 0.1) is 12.6 Å². The van der Waals surface area contributed by atoms with Crippen molar-refractivity contribution in [2.45, 2.75) is 19.9 Å². The fourth-order valence-electron chi connectivity index (χ4n) is 2.74. The first kappa shape index (κ1) is 16.8. The molecule has 6 heteroatoms. The Morgan fingerprint density at radius 2 is 1.91 bits per heavy atom. The van der Waals surface area contributed by atoms with Crippen molar-refractivity contribution in [3.05, 3.63) is 46.1 Å². The second kappa shape index (κ2) is 6.67. The van der Waals surface area contributed by atoms with Crippen LogP contribution in [0.2, 0.25) is 5.02 Å². The van der Waals surface area contributed by atoms with Crippen LogP contribution in [0.5, 0.6) is 0 Å². The van der Waals surface area contributed by atoms with Gasteiger partial charge in [-0.3, -0.25) is 0 Å². The van der Waals surface area contributed by atoms with Crippen molar-refractivity contribution < 1.29 is 9.53 Å². The highest BCUT2D eigenvalue weighted by Gasteiger charge is 2.35. The predicted molar refractivity (Wildman–Crippen MR) is 91.7 cm³/mol. The first-order valence-corrected chi connectivity index (χ1v) is 7.81. The van der Waals surface area contributed by atoms with Crippen LogP contribution in [0.4, 0.5) is 0 Å². The number of rotatable bonds is 3. The van der Waals surface area contributed by atoms with E-state index in [1.165, 1.54) is 0 Å². The summed E-state index contributed by atoms with van der Waals surface area (Å²) in [5, 5.41) is 1.25. The van der Waals surface area contributed by atoms with Crippen molar-refractivity contribution in [1.82, 2.24) is 9.80 Å². The number of halogens is 1. The van der Waals surface area contributed by atoms with Crippen molar-refractivity contribution in [1.29, 1.82) is 0 Å². The number of hydrogen-bond acceptors (Lipinski definition) is 3. The van der Waals surface area contributed by atoms with Gasteiger partial charge in [0.2, 0.25) is 0 Å². The standard InChI is InChI=1S/C16H19ClN2O2S/c1-5-21-15(20)14-10(2)13(18(3)16(22)19(14)4)11-6-8-12(17)9-7-11/h6-9,13H,5H2,1-4H3. The van der Waals surface area contributed by atoms with E-state index in [0.717, 1.165) is 11.1 Å². The third-order valence-corrected chi connectivity index (χ3v) is 4.56. The number of hydrogen-bond donors (Lipinski definition) is 0. The molecule has 0 saturated carbocycles. The quantitative estimate of drug-likeness (QED) is 0.623. The molecule has 2 rings (SSSR count). The van der Waals surface area contributed by atoms with Crippen LogP contribution >= 0.6 is 23.8 Å². The lowest BCUT2D eigenvalue weighted by Gasteiger charge is -2.41.